The van der Waals surface area contributed by atoms with Crippen LogP contribution >= 0.6 is 0 Å². The summed E-state index contributed by atoms with van der Waals surface area (Å²) in [6.07, 6.45) is 1.97. The molecule has 2 aliphatic heterocycles. The quantitative estimate of drug-likeness (QED) is 0.794. The smallest absolute Gasteiger partial charge is 0.127 e. The van der Waals surface area contributed by atoms with Crippen molar-refractivity contribution >= 4 is 17.2 Å². The van der Waals surface area contributed by atoms with E-state index in [-0.39, 0.29) is 11.4 Å². The normalized spacial score (nSPS) is 20.3. The first-order chi connectivity index (χ1) is 11.8. The number of hydrogen-bond acceptors (Lipinski definition) is 3. The van der Waals surface area contributed by atoms with Gasteiger partial charge in [0.15, 0.2) is 0 Å². The van der Waals surface area contributed by atoms with Gasteiger partial charge in [0.25, 0.3) is 0 Å². The van der Waals surface area contributed by atoms with Gasteiger partial charge < -0.3 is 16.0 Å². The average molecular weight is 324 g/mol. The second kappa shape index (κ2) is 6.24. The first-order valence-electron chi connectivity index (χ1n) is 8.40. The Morgan fingerprint density at radius 3 is 2.42 bits per heavy atom. The average Bonchev–Trinajstić information content (AvgIpc) is 2.62. The molecular weight excluding hydrogens is 303 g/mol. The molecule has 2 aromatic rings. The van der Waals surface area contributed by atoms with E-state index in [1.54, 1.807) is 12.1 Å². The zero-order chi connectivity index (χ0) is 16.4. The van der Waals surface area contributed by atoms with Gasteiger partial charge in [-0.1, -0.05) is 24.3 Å². The molecule has 0 aromatic heterocycles. The predicted molar refractivity (Wildman–Crippen MR) is 96.1 cm³/mol. The molecule has 0 saturated carbocycles. The summed E-state index contributed by atoms with van der Waals surface area (Å²) < 4.78 is 13.1. The fraction of sp³-hybridized carbons (Fsp3) is 0.316. The highest BCUT2D eigenvalue weighted by Crippen LogP contribution is 2.35. The van der Waals surface area contributed by atoms with Gasteiger partial charge in [-0.25, -0.2) is 4.39 Å². The van der Waals surface area contributed by atoms with Crippen molar-refractivity contribution in [2.75, 3.05) is 23.7 Å². The molecule has 3 N–H and O–H groups in total. The van der Waals surface area contributed by atoms with Crippen LogP contribution in [0.1, 0.15) is 18.4 Å². The Morgan fingerprint density at radius 1 is 0.958 bits per heavy atom. The summed E-state index contributed by atoms with van der Waals surface area (Å²) in [5.41, 5.74) is 3.04. The summed E-state index contributed by atoms with van der Waals surface area (Å²) in [5.74, 6) is 0.764. The third-order valence-corrected chi connectivity index (χ3v) is 4.80. The minimum atomic E-state index is -0.215. The van der Waals surface area contributed by atoms with E-state index in [1.165, 1.54) is 12.1 Å². The number of rotatable bonds is 2. The van der Waals surface area contributed by atoms with E-state index in [2.05, 4.69) is 28.1 Å². The highest BCUT2D eigenvalue weighted by atomic mass is 19.1. The molecule has 124 valence electrons. The van der Waals surface area contributed by atoms with Crippen molar-refractivity contribution in [1.29, 1.82) is 0 Å². The molecule has 24 heavy (non-hydrogen) atoms. The van der Waals surface area contributed by atoms with Gasteiger partial charge in [0, 0.05) is 0 Å². The van der Waals surface area contributed by atoms with E-state index in [0.717, 1.165) is 48.7 Å². The Labute approximate surface area is 141 Å². The summed E-state index contributed by atoms with van der Waals surface area (Å²) in [4.78, 5) is 4.85. The fourth-order valence-electron chi connectivity index (χ4n) is 3.43. The summed E-state index contributed by atoms with van der Waals surface area (Å²) >= 11 is 0. The van der Waals surface area contributed by atoms with Gasteiger partial charge in [-0.15, -0.1) is 0 Å². The number of halogens is 1. The molecule has 4 rings (SSSR count). The van der Waals surface area contributed by atoms with Gasteiger partial charge in [0.1, 0.15) is 11.7 Å². The van der Waals surface area contributed by atoms with E-state index in [4.69, 9.17) is 4.99 Å². The Kier molecular flexibility index (Phi) is 3.94. The fourth-order valence-corrected chi connectivity index (χ4v) is 3.43. The van der Waals surface area contributed by atoms with Crippen LogP contribution in [0.3, 0.4) is 0 Å². The topological polar surface area (TPSA) is 48.5 Å². The van der Waals surface area contributed by atoms with Crippen LogP contribution in [0.4, 0.5) is 15.8 Å². The number of aliphatic imine (C=N–C) groups is 1. The second-order valence-electron chi connectivity index (χ2n) is 6.42. The molecule has 0 bridgehead atoms. The van der Waals surface area contributed by atoms with E-state index in [1.807, 2.05) is 12.1 Å². The third-order valence-electron chi connectivity index (χ3n) is 4.80. The van der Waals surface area contributed by atoms with Gasteiger partial charge in [-0.2, -0.15) is 0 Å². The van der Waals surface area contributed by atoms with Crippen LogP contribution in [0, 0.1) is 5.82 Å². The SMILES string of the molecule is Fc1ccc(CN=C2Nc3ccccc3NC23CCNCC3)cc1. The van der Waals surface area contributed by atoms with Crippen LogP contribution in [0.2, 0.25) is 0 Å². The molecule has 0 aliphatic carbocycles. The Hall–Kier alpha value is -2.40. The third kappa shape index (κ3) is 2.87. The standard InChI is InChI=1S/C19H21FN4/c20-15-7-5-14(6-8-15)13-22-18-19(9-11-21-12-10-19)24-17-4-2-1-3-16(17)23-18/h1-8,21,24H,9-13H2,(H,22,23). The van der Waals surface area contributed by atoms with Gasteiger partial charge in [0.05, 0.1) is 23.5 Å². The van der Waals surface area contributed by atoms with Gasteiger partial charge in [-0.05, 0) is 55.8 Å². The summed E-state index contributed by atoms with van der Waals surface area (Å²) in [6, 6.07) is 14.8. The van der Waals surface area contributed by atoms with Crippen molar-refractivity contribution in [3.05, 3.63) is 59.9 Å². The van der Waals surface area contributed by atoms with Gasteiger partial charge in [-0.3, -0.25) is 4.99 Å². The number of anilines is 2. The predicted octanol–water partition coefficient (Wildman–Crippen LogP) is 3.38. The molecule has 0 radical (unpaired) electrons. The number of nitrogens with one attached hydrogen (secondary N) is 3. The van der Waals surface area contributed by atoms with Crippen LogP contribution in [0.15, 0.2) is 53.5 Å². The molecule has 0 amide bonds. The van der Waals surface area contributed by atoms with Crippen molar-refractivity contribution in [1.82, 2.24) is 5.32 Å². The Morgan fingerprint density at radius 2 is 1.67 bits per heavy atom. The maximum absolute atomic E-state index is 13.1. The minimum Gasteiger partial charge on any atom is -0.371 e. The zero-order valence-electron chi connectivity index (χ0n) is 13.5. The molecule has 2 aromatic carbocycles. The van der Waals surface area contributed by atoms with Crippen molar-refractivity contribution < 1.29 is 4.39 Å². The van der Waals surface area contributed by atoms with E-state index >= 15 is 0 Å². The van der Waals surface area contributed by atoms with E-state index in [9.17, 15) is 4.39 Å². The first kappa shape index (κ1) is 15.1. The van der Waals surface area contributed by atoms with E-state index < -0.39 is 0 Å². The lowest BCUT2D eigenvalue weighted by molar-refractivity contribution is 0.419. The van der Waals surface area contributed by atoms with Crippen molar-refractivity contribution in [3.8, 4) is 0 Å². The second-order valence-corrected chi connectivity index (χ2v) is 6.42. The van der Waals surface area contributed by atoms with Crippen molar-refractivity contribution in [2.24, 2.45) is 4.99 Å². The van der Waals surface area contributed by atoms with Crippen LogP contribution in [-0.2, 0) is 6.54 Å². The van der Waals surface area contributed by atoms with Crippen molar-refractivity contribution in [2.45, 2.75) is 24.9 Å². The molecule has 1 fully saturated rings. The molecule has 5 heteroatoms. The van der Waals surface area contributed by atoms with Crippen LogP contribution in [0.25, 0.3) is 0 Å². The van der Waals surface area contributed by atoms with E-state index in [0.29, 0.717) is 6.54 Å². The monoisotopic (exact) mass is 324 g/mol. The van der Waals surface area contributed by atoms with Crippen LogP contribution in [-0.4, -0.2) is 24.5 Å². The number of benzene rings is 2. The van der Waals surface area contributed by atoms with Gasteiger partial charge in [0.2, 0.25) is 0 Å². The highest BCUT2D eigenvalue weighted by Gasteiger charge is 2.40. The Bertz CT molecular complexity index is 748. The van der Waals surface area contributed by atoms with Crippen LogP contribution < -0.4 is 16.0 Å². The zero-order valence-corrected chi connectivity index (χ0v) is 13.5. The minimum absolute atomic E-state index is 0.153. The van der Waals surface area contributed by atoms with Gasteiger partial charge >= 0.3 is 0 Å². The molecule has 2 heterocycles. The summed E-state index contributed by atoms with van der Waals surface area (Å²) in [5, 5.41) is 10.7. The molecule has 1 spiro atoms. The largest absolute Gasteiger partial charge is 0.371 e. The number of amidine groups is 1. The molecule has 4 nitrogen and oxygen atoms in total. The number of piperidine rings is 1. The number of hydrogen-bond donors (Lipinski definition) is 3. The molecule has 0 unspecified atom stereocenters. The van der Waals surface area contributed by atoms with Crippen molar-refractivity contribution in [3.63, 3.8) is 0 Å². The molecule has 2 aliphatic rings. The molecule has 0 atom stereocenters. The first-order valence-corrected chi connectivity index (χ1v) is 8.40. The number of fused-ring (bicyclic) bond motifs is 1. The molecular formula is C19H21FN4. The maximum atomic E-state index is 13.1. The highest BCUT2D eigenvalue weighted by molar-refractivity contribution is 6.09. The lowest BCUT2D eigenvalue weighted by Crippen LogP contribution is -2.57. The van der Waals surface area contributed by atoms with Crippen LogP contribution in [0.5, 0.6) is 0 Å². The lowest BCUT2D eigenvalue weighted by atomic mass is 9.84. The number of nitrogens with zero attached hydrogens (tertiary/aromatic N) is 1. The number of para-hydroxylation sites is 2. The lowest BCUT2D eigenvalue weighted by Gasteiger charge is -2.44. The summed E-state index contributed by atoms with van der Waals surface area (Å²) in [7, 11) is 0. The summed E-state index contributed by atoms with van der Waals surface area (Å²) in [6.45, 7) is 2.47. The maximum Gasteiger partial charge on any atom is 0.127 e. The molecule has 1 saturated heterocycles. The Balaban J connectivity index is 1.65.